The van der Waals surface area contributed by atoms with E-state index in [2.05, 4.69) is 17.0 Å². The fourth-order valence-corrected chi connectivity index (χ4v) is 3.33. The summed E-state index contributed by atoms with van der Waals surface area (Å²) in [5.74, 6) is 0.788. The molecule has 0 aromatic carbocycles. The first-order chi connectivity index (χ1) is 7.16. The van der Waals surface area contributed by atoms with Gasteiger partial charge in [0, 0.05) is 18.3 Å². The highest BCUT2D eigenvalue weighted by atomic mass is 32.2. The predicted molar refractivity (Wildman–Crippen MR) is 61.6 cm³/mol. The van der Waals surface area contributed by atoms with Crippen molar-refractivity contribution in [2.24, 2.45) is 18.7 Å². The van der Waals surface area contributed by atoms with E-state index in [1.165, 1.54) is 12.8 Å². The van der Waals surface area contributed by atoms with Crippen molar-refractivity contribution in [3.05, 3.63) is 6.33 Å². The van der Waals surface area contributed by atoms with Gasteiger partial charge < -0.3 is 5.73 Å². The molecule has 84 valence electrons. The summed E-state index contributed by atoms with van der Waals surface area (Å²) in [6.07, 6.45) is 5.19. The molecule has 1 fully saturated rings. The van der Waals surface area contributed by atoms with E-state index in [4.69, 9.17) is 5.73 Å². The largest absolute Gasteiger partial charge is 0.327 e. The number of aromatic nitrogens is 3. The summed E-state index contributed by atoms with van der Waals surface area (Å²) in [6.45, 7) is 2.30. The van der Waals surface area contributed by atoms with Gasteiger partial charge in [-0.3, -0.25) is 0 Å². The zero-order chi connectivity index (χ0) is 10.8. The Kier molecular flexibility index (Phi) is 3.31. The molecule has 2 rings (SSSR count). The number of rotatable bonds is 2. The molecule has 0 aliphatic heterocycles. The molecule has 3 unspecified atom stereocenters. The normalized spacial score (nSPS) is 31.8. The number of thioether (sulfide) groups is 1. The van der Waals surface area contributed by atoms with E-state index in [0.717, 1.165) is 17.5 Å². The van der Waals surface area contributed by atoms with Gasteiger partial charge in [0.1, 0.15) is 6.33 Å². The first-order valence-electron chi connectivity index (χ1n) is 5.43. The summed E-state index contributed by atoms with van der Waals surface area (Å²) in [7, 11) is 1.92. The molecule has 1 aliphatic carbocycles. The number of aryl methyl sites for hydroxylation is 1. The first kappa shape index (κ1) is 11.0. The molecule has 0 amide bonds. The van der Waals surface area contributed by atoms with Crippen molar-refractivity contribution in [1.29, 1.82) is 0 Å². The lowest BCUT2D eigenvalue weighted by Gasteiger charge is -2.31. The first-order valence-corrected chi connectivity index (χ1v) is 6.31. The Labute approximate surface area is 94.6 Å². The fourth-order valence-electron chi connectivity index (χ4n) is 2.02. The van der Waals surface area contributed by atoms with Crippen molar-refractivity contribution < 1.29 is 0 Å². The minimum Gasteiger partial charge on any atom is -0.327 e. The van der Waals surface area contributed by atoms with E-state index in [1.807, 2.05) is 11.7 Å². The van der Waals surface area contributed by atoms with Crippen LogP contribution in [0.5, 0.6) is 0 Å². The van der Waals surface area contributed by atoms with Gasteiger partial charge in [0.15, 0.2) is 5.16 Å². The van der Waals surface area contributed by atoms with Crippen molar-refractivity contribution >= 4 is 11.8 Å². The van der Waals surface area contributed by atoms with Crippen LogP contribution in [0.4, 0.5) is 0 Å². The maximum atomic E-state index is 6.13. The maximum absolute atomic E-state index is 6.13. The third-order valence-corrected chi connectivity index (χ3v) is 4.46. The molecule has 2 N–H and O–H groups in total. The summed E-state index contributed by atoms with van der Waals surface area (Å²) in [6, 6.07) is 0.308. The highest BCUT2D eigenvalue weighted by molar-refractivity contribution is 7.99. The minimum atomic E-state index is 0.308. The summed E-state index contributed by atoms with van der Waals surface area (Å²) >= 11 is 1.77. The van der Waals surface area contributed by atoms with Crippen LogP contribution in [0.2, 0.25) is 0 Å². The Hall–Kier alpha value is -0.550. The Bertz CT molecular complexity index is 325. The SMILES string of the molecule is CC1CCC(N)C(Sc2ncnn2C)C1. The lowest BCUT2D eigenvalue weighted by molar-refractivity contribution is 0.357. The van der Waals surface area contributed by atoms with Crippen LogP contribution >= 0.6 is 11.8 Å². The van der Waals surface area contributed by atoms with Crippen LogP contribution in [0.3, 0.4) is 0 Å². The molecule has 0 bridgehead atoms. The fraction of sp³-hybridized carbons (Fsp3) is 0.800. The van der Waals surface area contributed by atoms with Gasteiger partial charge in [-0.25, -0.2) is 9.67 Å². The Morgan fingerprint density at radius 3 is 3.00 bits per heavy atom. The number of hydrogen-bond acceptors (Lipinski definition) is 4. The molecule has 1 saturated carbocycles. The lowest BCUT2D eigenvalue weighted by atomic mass is 9.87. The molecule has 3 atom stereocenters. The van der Waals surface area contributed by atoms with Crippen LogP contribution in [0.15, 0.2) is 11.5 Å². The Morgan fingerprint density at radius 1 is 1.53 bits per heavy atom. The zero-order valence-corrected chi connectivity index (χ0v) is 10.1. The second-order valence-corrected chi connectivity index (χ2v) is 5.61. The summed E-state index contributed by atoms with van der Waals surface area (Å²) in [4.78, 5) is 4.23. The van der Waals surface area contributed by atoms with Crippen LogP contribution in [-0.2, 0) is 7.05 Å². The smallest absolute Gasteiger partial charge is 0.186 e. The molecule has 15 heavy (non-hydrogen) atoms. The van der Waals surface area contributed by atoms with Gasteiger partial charge >= 0.3 is 0 Å². The molecule has 0 spiro atoms. The van der Waals surface area contributed by atoms with Crippen molar-refractivity contribution in [2.45, 2.75) is 42.6 Å². The Balaban J connectivity index is 2.01. The molecule has 1 aromatic heterocycles. The third kappa shape index (κ3) is 2.52. The second kappa shape index (κ2) is 4.53. The molecule has 1 heterocycles. The van der Waals surface area contributed by atoms with Crippen LogP contribution in [0.1, 0.15) is 26.2 Å². The molecule has 4 nitrogen and oxygen atoms in total. The molecule has 1 aliphatic rings. The van der Waals surface area contributed by atoms with Gasteiger partial charge in [-0.15, -0.1) is 0 Å². The van der Waals surface area contributed by atoms with E-state index < -0.39 is 0 Å². The topological polar surface area (TPSA) is 56.7 Å². The van der Waals surface area contributed by atoms with Crippen LogP contribution in [-0.4, -0.2) is 26.1 Å². The predicted octanol–water partition coefficient (Wildman–Crippen LogP) is 1.42. The maximum Gasteiger partial charge on any atom is 0.186 e. The molecular formula is C10H18N4S. The van der Waals surface area contributed by atoms with E-state index in [1.54, 1.807) is 18.1 Å². The summed E-state index contributed by atoms with van der Waals surface area (Å²) in [5, 5.41) is 5.54. The number of hydrogen-bond donors (Lipinski definition) is 1. The molecule has 5 heteroatoms. The average Bonchev–Trinajstić information content (AvgIpc) is 2.58. The van der Waals surface area contributed by atoms with E-state index in [0.29, 0.717) is 11.3 Å². The van der Waals surface area contributed by atoms with Gasteiger partial charge in [0.05, 0.1) is 0 Å². The van der Waals surface area contributed by atoms with Crippen LogP contribution in [0.25, 0.3) is 0 Å². The quantitative estimate of drug-likeness (QED) is 0.828. The van der Waals surface area contributed by atoms with Gasteiger partial charge in [-0.05, 0) is 25.2 Å². The van der Waals surface area contributed by atoms with Crippen molar-refractivity contribution in [3.63, 3.8) is 0 Å². The van der Waals surface area contributed by atoms with Gasteiger partial charge in [0.2, 0.25) is 0 Å². The standard InChI is InChI=1S/C10H18N4S/c1-7-3-4-8(11)9(5-7)15-10-12-6-13-14(10)2/h6-9H,3-5,11H2,1-2H3. The van der Waals surface area contributed by atoms with Gasteiger partial charge in [0.25, 0.3) is 0 Å². The van der Waals surface area contributed by atoms with Crippen LogP contribution in [0, 0.1) is 5.92 Å². The van der Waals surface area contributed by atoms with Gasteiger partial charge in [-0.1, -0.05) is 18.7 Å². The molecule has 1 aromatic rings. The third-order valence-electron chi connectivity index (χ3n) is 3.03. The lowest BCUT2D eigenvalue weighted by Crippen LogP contribution is -2.37. The summed E-state index contributed by atoms with van der Waals surface area (Å²) in [5.41, 5.74) is 6.13. The second-order valence-electron chi connectivity index (χ2n) is 4.40. The van der Waals surface area contributed by atoms with Crippen molar-refractivity contribution in [1.82, 2.24) is 14.8 Å². The molecule has 0 saturated heterocycles. The number of nitrogens with zero attached hydrogens (tertiary/aromatic N) is 3. The van der Waals surface area contributed by atoms with Gasteiger partial charge in [-0.2, -0.15) is 5.10 Å². The van der Waals surface area contributed by atoms with Crippen molar-refractivity contribution in [2.75, 3.05) is 0 Å². The number of nitrogens with two attached hydrogens (primary N) is 1. The Morgan fingerprint density at radius 2 is 2.33 bits per heavy atom. The van der Waals surface area contributed by atoms with E-state index >= 15 is 0 Å². The zero-order valence-electron chi connectivity index (χ0n) is 9.26. The molecule has 0 radical (unpaired) electrons. The minimum absolute atomic E-state index is 0.308. The summed E-state index contributed by atoms with van der Waals surface area (Å²) < 4.78 is 1.82. The van der Waals surface area contributed by atoms with E-state index in [9.17, 15) is 0 Å². The average molecular weight is 226 g/mol. The highest BCUT2D eigenvalue weighted by Gasteiger charge is 2.27. The highest BCUT2D eigenvalue weighted by Crippen LogP contribution is 2.34. The molecular weight excluding hydrogens is 208 g/mol. The van der Waals surface area contributed by atoms with Crippen molar-refractivity contribution in [3.8, 4) is 0 Å². The monoisotopic (exact) mass is 226 g/mol. The van der Waals surface area contributed by atoms with E-state index in [-0.39, 0.29) is 0 Å². The van der Waals surface area contributed by atoms with Crippen LogP contribution < -0.4 is 5.73 Å².